The predicted molar refractivity (Wildman–Crippen MR) is 46.0 cm³/mol. The number of piperidine rings is 1. The summed E-state index contributed by atoms with van der Waals surface area (Å²) in [5.41, 5.74) is 0.0614. The molecule has 0 aromatic carbocycles. The fourth-order valence-electron chi connectivity index (χ4n) is 1.98. The second kappa shape index (κ2) is 2.98. The van der Waals surface area contributed by atoms with Crippen LogP contribution in [0.3, 0.4) is 0 Å². The van der Waals surface area contributed by atoms with Crippen LogP contribution in [0.15, 0.2) is 0 Å². The first-order valence-electron chi connectivity index (χ1n) is 4.68. The molecule has 0 N–H and O–H groups in total. The summed E-state index contributed by atoms with van der Waals surface area (Å²) in [4.78, 5) is 2.34. The van der Waals surface area contributed by atoms with Gasteiger partial charge in [-0.25, -0.2) is 0 Å². The molecule has 2 rings (SSSR count). The van der Waals surface area contributed by atoms with E-state index in [9.17, 15) is 0 Å². The molecule has 1 atom stereocenters. The lowest BCUT2D eigenvalue weighted by molar-refractivity contribution is -0.0940. The first-order valence-corrected chi connectivity index (χ1v) is 4.68. The van der Waals surface area contributed by atoms with Crippen LogP contribution in [-0.2, 0) is 9.47 Å². The van der Waals surface area contributed by atoms with Gasteiger partial charge in [0.1, 0.15) is 0 Å². The van der Waals surface area contributed by atoms with Gasteiger partial charge in [0.15, 0.2) is 6.29 Å². The first-order chi connectivity index (χ1) is 5.70. The van der Waals surface area contributed by atoms with Gasteiger partial charge in [0, 0.05) is 13.1 Å². The van der Waals surface area contributed by atoms with Crippen molar-refractivity contribution < 1.29 is 9.47 Å². The van der Waals surface area contributed by atoms with Crippen molar-refractivity contribution in [1.82, 2.24) is 4.90 Å². The maximum Gasteiger partial charge on any atom is 0.155 e. The third-order valence-corrected chi connectivity index (χ3v) is 2.90. The van der Waals surface area contributed by atoms with Gasteiger partial charge >= 0.3 is 0 Å². The minimum Gasteiger partial charge on any atom is -0.350 e. The summed E-state index contributed by atoms with van der Waals surface area (Å²) in [6.45, 7) is 5.04. The van der Waals surface area contributed by atoms with Crippen molar-refractivity contribution in [3.8, 4) is 0 Å². The van der Waals surface area contributed by atoms with Crippen molar-refractivity contribution in [3.05, 3.63) is 0 Å². The number of hydrogen-bond donors (Lipinski definition) is 0. The lowest BCUT2D eigenvalue weighted by Crippen LogP contribution is -2.44. The summed E-state index contributed by atoms with van der Waals surface area (Å²) >= 11 is 0. The van der Waals surface area contributed by atoms with Crippen molar-refractivity contribution in [2.24, 2.45) is 0 Å². The van der Waals surface area contributed by atoms with Crippen LogP contribution >= 0.6 is 0 Å². The molecule has 3 nitrogen and oxygen atoms in total. The molecule has 2 fully saturated rings. The van der Waals surface area contributed by atoms with E-state index < -0.39 is 0 Å². The Bertz CT molecular complexity index is 164. The Hall–Kier alpha value is -0.120. The summed E-state index contributed by atoms with van der Waals surface area (Å²) in [6.07, 6.45) is 2.25. The second-order valence-electron chi connectivity index (χ2n) is 3.98. The van der Waals surface area contributed by atoms with Crippen LogP contribution < -0.4 is 0 Å². The minimum absolute atomic E-state index is 0.00778. The van der Waals surface area contributed by atoms with E-state index in [4.69, 9.17) is 9.47 Å². The van der Waals surface area contributed by atoms with E-state index in [1.54, 1.807) is 0 Å². The van der Waals surface area contributed by atoms with Crippen molar-refractivity contribution in [2.45, 2.75) is 31.7 Å². The van der Waals surface area contributed by atoms with Gasteiger partial charge < -0.3 is 14.4 Å². The lowest BCUT2D eigenvalue weighted by atomic mass is 9.93. The van der Waals surface area contributed by atoms with Gasteiger partial charge in [-0.2, -0.15) is 0 Å². The van der Waals surface area contributed by atoms with Gasteiger partial charge in [-0.1, -0.05) is 0 Å². The number of ether oxygens (including phenoxy) is 2. The van der Waals surface area contributed by atoms with Crippen molar-refractivity contribution in [1.29, 1.82) is 0 Å². The highest BCUT2D eigenvalue weighted by atomic mass is 16.7. The Kier molecular flexibility index (Phi) is 2.10. The molecular formula is C9H17NO2. The van der Waals surface area contributed by atoms with Crippen LogP contribution in [0.4, 0.5) is 0 Å². The molecule has 0 saturated carbocycles. The summed E-state index contributed by atoms with van der Waals surface area (Å²) in [5.74, 6) is 0. The smallest absolute Gasteiger partial charge is 0.155 e. The maximum absolute atomic E-state index is 5.79. The normalized spacial score (nSPS) is 36.0. The van der Waals surface area contributed by atoms with Gasteiger partial charge in [0.25, 0.3) is 0 Å². The standard InChI is InChI=1S/C9H17NO2/c1-8-11-7-9(12-8)3-5-10(2)6-4-9/h8H,3-7H2,1-2H3/t8-/m1/s1. The third-order valence-electron chi connectivity index (χ3n) is 2.90. The van der Waals surface area contributed by atoms with Crippen LogP contribution in [0.2, 0.25) is 0 Å². The molecule has 2 saturated heterocycles. The highest BCUT2D eigenvalue weighted by molar-refractivity contribution is 4.89. The minimum atomic E-state index is 0.00778. The Labute approximate surface area is 73.6 Å². The quantitative estimate of drug-likeness (QED) is 0.539. The zero-order chi connectivity index (χ0) is 8.60. The topological polar surface area (TPSA) is 21.7 Å². The predicted octanol–water partition coefficient (Wildman–Crippen LogP) is 0.844. The zero-order valence-corrected chi connectivity index (χ0v) is 7.88. The molecule has 12 heavy (non-hydrogen) atoms. The van der Waals surface area contributed by atoms with E-state index in [-0.39, 0.29) is 11.9 Å². The van der Waals surface area contributed by atoms with E-state index in [0.29, 0.717) is 0 Å². The highest BCUT2D eigenvalue weighted by Gasteiger charge is 2.41. The molecule has 0 aromatic heterocycles. The molecule has 70 valence electrons. The van der Waals surface area contributed by atoms with Gasteiger partial charge in [0.2, 0.25) is 0 Å². The van der Waals surface area contributed by atoms with Gasteiger partial charge in [-0.15, -0.1) is 0 Å². The molecule has 0 unspecified atom stereocenters. The Morgan fingerprint density at radius 2 is 2.00 bits per heavy atom. The SMILES string of the molecule is C[C@@H]1OCC2(CCN(C)CC2)O1. The average molecular weight is 171 g/mol. The molecule has 0 aliphatic carbocycles. The van der Waals surface area contributed by atoms with Crippen molar-refractivity contribution >= 4 is 0 Å². The van der Waals surface area contributed by atoms with Crippen LogP contribution in [0.25, 0.3) is 0 Å². The molecule has 2 aliphatic rings. The van der Waals surface area contributed by atoms with Crippen LogP contribution in [0.1, 0.15) is 19.8 Å². The molecule has 0 amide bonds. The van der Waals surface area contributed by atoms with Crippen molar-refractivity contribution in [3.63, 3.8) is 0 Å². The van der Waals surface area contributed by atoms with E-state index in [1.165, 1.54) is 0 Å². The lowest BCUT2D eigenvalue weighted by Gasteiger charge is -2.35. The maximum atomic E-state index is 5.79. The Morgan fingerprint density at radius 3 is 2.50 bits per heavy atom. The third kappa shape index (κ3) is 1.49. The van der Waals surface area contributed by atoms with E-state index in [2.05, 4.69) is 11.9 Å². The summed E-state index contributed by atoms with van der Waals surface area (Å²) in [5, 5.41) is 0. The number of nitrogens with zero attached hydrogens (tertiary/aromatic N) is 1. The Morgan fingerprint density at radius 1 is 1.33 bits per heavy atom. The van der Waals surface area contributed by atoms with E-state index in [0.717, 1.165) is 32.5 Å². The van der Waals surface area contributed by atoms with Gasteiger partial charge in [0.05, 0.1) is 12.2 Å². The zero-order valence-electron chi connectivity index (χ0n) is 7.88. The number of likely N-dealkylation sites (tertiary alicyclic amines) is 1. The van der Waals surface area contributed by atoms with E-state index >= 15 is 0 Å². The second-order valence-corrected chi connectivity index (χ2v) is 3.98. The van der Waals surface area contributed by atoms with Crippen LogP contribution in [0.5, 0.6) is 0 Å². The van der Waals surface area contributed by atoms with Crippen LogP contribution in [0, 0.1) is 0 Å². The molecule has 0 bridgehead atoms. The summed E-state index contributed by atoms with van der Waals surface area (Å²) in [6, 6.07) is 0. The molecule has 2 aliphatic heterocycles. The monoisotopic (exact) mass is 171 g/mol. The molecule has 2 heterocycles. The van der Waals surface area contributed by atoms with Crippen molar-refractivity contribution in [2.75, 3.05) is 26.7 Å². The molecular weight excluding hydrogens is 154 g/mol. The van der Waals surface area contributed by atoms with Gasteiger partial charge in [-0.3, -0.25) is 0 Å². The van der Waals surface area contributed by atoms with Gasteiger partial charge in [-0.05, 0) is 26.8 Å². The highest BCUT2D eigenvalue weighted by Crippen LogP contribution is 2.32. The van der Waals surface area contributed by atoms with Crippen LogP contribution in [-0.4, -0.2) is 43.5 Å². The van der Waals surface area contributed by atoms with E-state index in [1.807, 2.05) is 6.92 Å². The molecule has 0 aromatic rings. The fraction of sp³-hybridized carbons (Fsp3) is 1.00. The Balaban J connectivity index is 1.95. The molecule has 0 radical (unpaired) electrons. The fourth-order valence-corrected chi connectivity index (χ4v) is 1.98. The summed E-state index contributed by atoms with van der Waals surface area (Å²) in [7, 11) is 2.16. The largest absolute Gasteiger partial charge is 0.350 e. The number of hydrogen-bond acceptors (Lipinski definition) is 3. The summed E-state index contributed by atoms with van der Waals surface area (Å²) < 4.78 is 11.2. The molecule has 3 heteroatoms. The first kappa shape index (κ1) is 8.48. The number of rotatable bonds is 0. The average Bonchev–Trinajstić information content (AvgIpc) is 2.40. The molecule has 1 spiro atoms.